The van der Waals surface area contributed by atoms with E-state index in [2.05, 4.69) is 10.6 Å². The van der Waals surface area contributed by atoms with Gasteiger partial charge in [-0.1, -0.05) is 6.92 Å². The first kappa shape index (κ1) is 20.0. The van der Waals surface area contributed by atoms with Crippen molar-refractivity contribution in [2.75, 3.05) is 25.5 Å². The summed E-state index contributed by atoms with van der Waals surface area (Å²) < 4.78 is 5.04. The van der Waals surface area contributed by atoms with Gasteiger partial charge >= 0.3 is 6.03 Å². The number of nitrogens with zero attached hydrogens (tertiary/aromatic N) is 1. The fourth-order valence-electron chi connectivity index (χ4n) is 2.87. The minimum atomic E-state index is -1.67. The van der Waals surface area contributed by atoms with Crippen molar-refractivity contribution in [2.45, 2.75) is 37.7 Å². The van der Waals surface area contributed by atoms with Gasteiger partial charge in [-0.05, 0) is 30.7 Å². The van der Waals surface area contributed by atoms with Crippen LogP contribution >= 0.6 is 0 Å². The smallest absolute Gasteiger partial charge is 0.319 e. The molecule has 9 heteroatoms. The summed E-state index contributed by atoms with van der Waals surface area (Å²) in [4.78, 5) is 25.5. The Hall–Kier alpha value is -2.36. The number of likely N-dealkylation sites (tertiary alicyclic amines) is 1. The SMILES string of the molecule is CCCN1C(=O)[C@H](O)[C@H](O)[C@H](O)[C@H]1CNC(=O)Nc1ccc(OC)cc1. The molecule has 3 amide bonds. The van der Waals surface area contributed by atoms with Gasteiger partial charge in [0.15, 0.2) is 6.10 Å². The number of carbonyl (C=O) groups excluding carboxylic acids is 2. The van der Waals surface area contributed by atoms with E-state index in [4.69, 9.17) is 4.74 Å². The number of anilines is 1. The van der Waals surface area contributed by atoms with E-state index in [9.17, 15) is 24.9 Å². The molecule has 0 spiro atoms. The molecular formula is C17H25N3O6. The fourth-order valence-corrected chi connectivity index (χ4v) is 2.87. The van der Waals surface area contributed by atoms with Gasteiger partial charge in [-0.15, -0.1) is 0 Å². The molecule has 0 aliphatic carbocycles. The average molecular weight is 367 g/mol. The Labute approximate surface area is 151 Å². The van der Waals surface area contributed by atoms with Crippen molar-refractivity contribution in [3.8, 4) is 5.75 Å². The zero-order valence-electron chi connectivity index (χ0n) is 14.8. The van der Waals surface area contributed by atoms with E-state index in [1.54, 1.807) is 31.4 Å². The minimum absolute atomic E-state index is 0.0708. The summed E-state index contributed by atoms with van der Waals surface area (Å²) in [6, 6.07) is 5.37. The van der Waals surface area contributed by atoms with Crippen LogP contribution in [0.4, 0.5) is 10.5 Å². The first-order valence-corrected chi connectivity index (χ1v) is 8.42. The van der Waals surface area contributed by atoms with Gasteiger partial charge in [0.25, 0.3) is 5.91 Å². The predicted octanol–water partition coefficient (Wildman–Crippen LogP) is -0.480. The van der Waals surface area contributed by atoms with Gasteiger partial charge in [0, 0.05) is 18.8 Å². The number of benzene rings is 1. The van der Waals surface area contributed by atoms with Gasteiger partial charge in [-0.3, -0.25) is 4.79 Å². The van der Waals surface area contributed by atoms with Crippen molar-refractivity contribution in [3.05, 3.63) is 24.3 Å². The molecule has 1 aromatic rings. The van der Waals surface area contributed by atoms with Crippen LogP contribution in [0.15, 0.2) is 24.3 Å². The van der Waals surface area contributed by atoms with Crippen LogP contribution in [0, 0.1) is 0 Å². The zero-order valence-corrected chi connectivity index (χ0v) is 14.8. The second-order valence-corrected chi connectivity index (χ2v) is 6.09. The lowest BCUT2D eigenvalue weighted by Crippen LogP contribution is -2.66. The molecule has 1 heterocycles. The third-order valence-electron chi connectivity index (χ3n) is 4.29. The van der Waals surface area contributed by atoms with Gasteiger partial charge in [0.05, 0.1) is 13.2 Å². The Morgan fingerprint density at radius 1 is 1.19 bits per heavy atom. The maximum absolute atomic E-state index is 12.1. The summed E-state index contributed by atoms with van der Waals surface area (Å²) in [6.07, 6.45) is -4.01. The second-order valence-electron chi connectivity index (χ2n) is 6.09. The quantitative estimate of drug-likeness (QED) is 0.462. The van der Waals surface area contributed by atoms with Crippen molar-refractivity contribution in [1.29, 1.82) is 0 Å². The molecule has 1 saturated heterocycles. The van der Waals surface area contributed by atoms with E-state index >= 15 is 0 Å². The molecule has 2 rings (SSSR count). The van der Waals surface area contributed by atoms with Crippen LogP contribution in [0.1, 0.15) is 13.3 Å². The number of methoxy groups -OCH3 is 1. The fraction of sp³-hybridized carbons (Fsp3) is 0.529. The van der Waals surface area contributed by atoms with Crippen LogP contribution in [0.25, 0.3) is 0 Å². The van der Waals surface area contributed by atoms with Crippen molar-refractivity contribution < 1.29 is 29.6 Å². The number of carbonyl (C=O) groups is 2. The van der Waals surface area contributed by atoms with Crippen LogP contribution in [0.2, 0.25) is 0 Å². The predicted molar refractivity (Wildman–Crippen MR) is 93.8 cm³/mol. The highest BCUT2D eigenvalue weighted by Crippen LogP contribution is 2.20. The molecule has 0 bridgehead atoms. The number of nitrogens with one attached hydrogen (secondary N) is 2. The van der Waals surface area contributed by atoms with E-state index < -0.39 is 36.3 Å². The number of rotatable bonds is 6. The lowest BCUT2D eigenvalue weighted by molar-refractivity contribution is -0.175. The number of ether oxygens (including phenoxy) is 1. The monoisotopic (exact) mass is 367 g/mol. The summed E-state index contributed by atoms with van der Waals surface area (Å²) in [5.74, 6) is -0.00503. The first-order valence-electron chi connectivity index (χ1n) is 8.42. The first-order chi connectivity index (χ1) is 12.4. The van der Waals surface area contributed by atoms with Gasteiger partial charge < -0.3 is 35.6 Å². The Morgan fingerprint density at radius 3 is 2.42 bits per heavy atom. The van der Waals surface area contributed by atoms with Crippen LogP contribution in [-0.4, -0.2) is 76.7 Å². The van der Waals surface area contributed by atoms with Crippen LogP contribution < -0.4 is 15.4 Å². The highest BCUT2D eigenvalue weighted by molar-refractivity contribution is 5.89. The van der Waals surface area contributed by atoms with Crippen molar-refractivity contribution in [2.24, 2.45) is 0 Å². The van der Waals surface area contributed by atoms with Crippen molar-refractivity contribution in [1.82, 2.24) is 10.2 Å². The molecule has 4 atom stereocenters. The summed E-state index contributed by atoms with van der Waals surface area (Å²) in [5, 5.41) is 35.0. The lowest BCUT2D eigenvalue weighted by Gasteiger charge is -2.43. The molecule has 0 unspecified atom stereocenters. The number of hydrogen-bond donors (Lipinski definition) is 5. The molecule has 144 valence electrons. The van der Waals surface area contributed by atoms with Crippen molar-refractivity contribution in [3.63, 3.8) is 0 Å². The van der Waals surface area contributed by atoms with Crippen LogP contribution in [-0.2, 0) is 4.79 Å². The molecule has 9 nitrogen and oxygen atoms in total. The molecule has 0 saturated carbocycles. The molecule has 1 aliphatic heterocycles. The molecule has 1 fully saturated rings. The Kier molecular flexibility index (Phi) is 6.78. The summed E-state index contributed by atoms with van der Waals surface area (Å²) in [7, 11) is 1.54. The Morgan fingerprint density at radius 2 is 1.85 bits per heavy atom. The number of aliphatic hydroxyl groups is 3. The van der Waals surface area contributed by atoms with Crippen molar-refractivity contribution >= 4 is 17.6 Å². The molecule has 26 heavy (non-hydrogen) atoms. The summed E-state index contributed by atoms with van der Waals surface area (Å²) in [5.41, 5.74) is 0.546. The molecule has 1 aliphatic rings. The van der Waals surface area contributed by atoms with Crippen LogP contribution in [0.5, 0.6) is 5.75 Å². The van der Waals surface area contributed by atoms with E-state index in [0.29, 0.717) is 24.4 Å². The topological polar surface area (TPSA) is 131 Å². The summed E-state index contributed by atoms with van der Waals surface area (Å²) >= 11 is 0. The number of amides is 3. The van der Waals surface area contributed by atoms with Gasteiger partial charge in [-0.2, -0.15) is 0 Å². The maximum Gasteiger partial charge on any atom is 0.319 e. The van der Waals surface area contributed by atoms with E-state index in [1.807, 2.05) is 6.92 Å². The number of hydrogen-bond acceptors (Lipinski definition) is 6. The molecule has 0 aromatic heterocycles. The Bertz CT molecular complexity index is 623. The van der Waals surface area contributed by atoms with E-state index in [0.717, 1.165) is 0 Å². The van der Waals surface area contributed by atoms with Gasteiger partial charge in [0.1, 0.15) is 18.0 Å². The molecule has 1 aromatic carbocycles. The number of piperidine rings is 1. The Balaban J connectivity index is 1.97. The van der Waals surface area contributed by atoms with E-state index in [1.165, 1.54) is 4.90 Å². The number of urea groups is 1. The largest absolute Gasteiger partial charge is 0.497 e. The van der Waals surface area contributed by atoms with Gasteiger partial charge in [-0.25, -0.2) is 4.79 Å². The minimum Gasteiger partial charge on any atom is -0.497 e. The third kappa shape index (κ3) is 4.43. The van der Waals surface area contributed by atoms with Crippen LogP contribution in [0.3, 0.4) is 0 Å². The van der Waals surface area contributed by atoms with Gasteiger partial charge in [0.2, 0.25) is 0 Å². The standard InChI is InChI=1S/C17H25N3O6/c1-3-8-20-12(13(21)14(22)15(23)16(20)24)9-18-17(25)19-10-4-6-11(26-2)7-5-10/h4-7,12-15,21-23H,3,8-9H2,1-2H3,(H2,18,19,25)/t12-,13-,14-,15-/m1/s1. The number of aliphatic hydroxyl groups excluding tert-OH is 3. The molecule has 5 N–H and O–H groups in total. The molecular weight excluding hydrogens is 342 g/mol. The highest BCUT2D eigenvalue weighted by Gasteiger charge is 2.46. The summed E-state index contributed by atoms with van der Waals surface area (Å²) in [6.45, 7) is 2.07. The highest BCUT2D eigenvalue weighted by atomic mass is 16.5. The third-order valence-corrected chi connectivity index (χ3v) is 4.29. The maximum atomic E-state index is 12.1. The normalized spacial score (nSPS) is 25.7. The molecule has 0 radical (unpaired) electrons. The second kappa shape index (κ2) is 8.84. The zero-order chi connectivity index (χ0) is 19.3. The lowest BCUT2D eigenvalue weighted by atomic mass is 9.93. The average Bonchev–Trinajstić information content (AvgIpc) is 2.64. The van der Waals surface area contributed by atoms with E-state index in [-0.39, 0.29) is 6.54 Å².